The van der Waals surface area contributed by atoms with Crippen LogP contribution < -0.4 is 0 Å². The summed E-state index contributed by atoms with van der Waals surface area (Å²) in [7, 11) is 2.69. The minimum atomic E-state index is -4.51. The first-order valence-corrected chi connectivity index (χ1v) is 5.57. The molecule has 2 rings (SSSR count). The van der Waals surface area contributed by atoms with E-state index >= 15 is 0 Å². The Bertz CT molecular complexity index is 524. The number of amides is 1. The van der Waals surface area contributed by atoms with Crippen LogP contribution in [0.3, 0.4) is 0 Å². The molecule has 0 spiro atoms. The Labute approximate surface area is 107 Å². The highest BCUT2D eigenvalue weighted by Crippen LogP contribution is 2.35. The number of likely N-dealkylation sites (N-methyl/N-ethyl adjacent to an activating group) is 1. The van der Waals surface area contributed by atoms with E-state index in [0.717, 1.165) is 10.7 Å². The van der Waals surface area contributed by atoms with Crippen molar-refractivity contribution in [2.24, 2.45) is 13.0 Å². The van der Waals surface area contributed by atoms with Crippen molar-refractivity contribution in [3.05, 3.63) is 17.5 Å². The summed E-state index contributed by atoms with van der Waals surface area (Å²) in [4.78, 5) is 23.9. The molecular formula is C11H12F3N3O2. The third kappa shape index (κ3) is 2.22. The van der Waals surface area contributed by atoms with Crippen LogP contribution in [0.2, 0.25) is 0 Å². The van der Waals surface area contributed by atoms with Crippen LogP contribution >= 0.6 is 0 Å². The predicted molar refractivity (Wildman–Crippen MR) is 58.1 cm³/mol. The lowest BCUT2D eigenvalue weighted by molar-refractivity contribution is -0.143. The molecule has 8 heteroatoms. The van der Waals surface area contributed by atoms with Gasteiger partial charge in [-0.1, -0.05) is 0 Å². The molecule has 1 aliphatic rings. The second kappa shape index (κ2) is 4.36. The number of aldehydes is 1. The molecule has 19 heavy (non-hydrogen) atoms. The average molecular weight is 275 g/mol. The van der Waals surface area contributed by atoms with Gasteiger partial charge in [0.05, 0.1) is 5.69 Å². The first kappa shape index (κ1) is 13.6. The maximum atomic E-state index is 12.7. The standard InChI is InChI=1S/C11H12F3N3O2/c1-16-4-6(7(5-18)10(16)19)8-3-9(11(12,13)14)17(2)15-8/h3,5-7H,4H2,1-2H3/t6-,7+/m1/s1. The van der Waals surface area contributed by atoms with Crippen molar-refractivity contribution in [2.75, 3.05) is 13.6 Å². The zero-order valence-corrected chi connectivity index (χ0v) is 10.3. The normalized spacial score (nSPS) is 24.1. The van der Waals surface area contributed by atoms with Gasteiger partial charge in [-0.25, -0.2) is 0 Å². The molecule has 1 amide bonds. The Morgan fingerprint density at radius 3 is 2.53 bits per heavy atom. The average Bonchev–Trinajstić information content (AvgIpc) is 2.81. The first-order chi connectivity index (χ1) is 8.75. The molecule has 1 fully saturated rings. The molecule has 1 aromatic rings. The molecule has 0 aromatic carbocycles. The molecule has 0 bridgehead atoms. The molecule has 2 heterocycles. The summed E-state index contributed by atoms with van der Waals surface area (Å²) in [5, 5.41) is 3.79. The van der Waals surface area contributed by atoms with Gasteiger partial charge in [0.25, 0.3) is 0 Å². The van der Waals surface area contributed by atoms with E-state index < -0.39 is 23.7 Å². The Hall–Kier alpha value is -1.86. The Morgan fingerprint density at radius 1 is 1.42 bits per heavy atom. The van der Waals surface area contributed by atoms with Crippen molar-refractivity contribution in [1.82, 2.24) is 14.7 Å². The first-order valence-electron chi connectivity index (χ1n) is 5.57. The van der Waals surface area contributed by atoms with Gasteiger partial charge in [0.2, 0.25) is 5.91 Å². The summed E-state index contributed by atoms with van der Waals surface area (Å²) < 4.78 is 38.7. The monoisotopic (exact) mass is 275 g/mol. The van der Waals surface area contributed by atoms with Gasteiger partial charge in [-0.05, 0) is 6.07 Å². The van der Waals surface area contributed by atoms with E-state index in [2.05, 4.69) is 5.10 Å². The molecule has 0 radical (unpaired) electrons. The molecule has 0 aliphatic carbocycles. The fourth-order valence-electron chi connectivity index (χ4n) is 2.29. The number of carbonyl (C=O) groups excluding carboxylic acids is 2. The van der Waals surface area contributed by atoms with E-state index in [-0.39, 0.29) is 18.1 Å². The van der Waals surface area contributed by atoms with Crippen LogP contribution in [0.5, 0.6) is 0 Å². The van der Waals surface area contributed by atoms with Gasteiger partial charge < -0.3 is 9.69 Å². The summed E-state index contributed by atoms with van der Waals surface area (Å²) in [6.07, 6.45) is -4.04. The van der Waals surface area contributed by atoms with Gasteiger partial charge in [-0.15, -0.1) is 0 Å². The van der Waals surface area contributed by atoms with Crippen LogP contribution in [0.1, 0.15) is 17.3 Å². The van der Waals surface area contributed by atoms with E-state index in [1.807, 2.05) is 0 Å². The van der Waals surface area contributed by atoms with E-state index in [1.54, 1.807) is 0 Å². The number of nitrogens with zero attached hydrogens (tertiary/aromatic N) is 3. The highest BCUT2D eigenvalue weighted by atomic mass is 19.4. The Balaban J connectivity index is 2.38. The predicted octanol–water partition coefficient (Wildman–Crippen LogP) is 0.810. The fourth-order valence-corrected chi connectivity index (χ4v) is 2.29. The lowest BCUT2D eigenvalue weighted by Crippen LogP contribution is -2.23. The van der Waals surface area contributed by atoms with Crippen LogP contribution in [0, 0.1) is 5.92 Å². The molecular weight excluding hydrogens is 263 g/mol. The van der Waals surface area contributed by atoms with Crippen molar-refractivity contribution in [1.29, 1.82) is 0 Å². The maximum absolute atomic E-state index is 12.7. The second-order valence-corrected chi connectivity index (χ2v) is 4.56. The Kier molecular flexibility index (Phi) is 3.11. The van der Waals surface area contributed by atoms with Crippen LogP contribution in [0.25, 0.3) is 0 Å². The van der Waals surface area contributed by atoms with E-state index in [4.69, 9.17) is 0 Å². The molecule has 1 aromatic heterocycles. The number of hydrogen-bond acceptors (Lipinski definition) is 3. The van der Waals surface area contributed by atoms with Gasteiger partial charge in [-0.3, -0.25) is 9.48 Å². The van der Waals surface area contributed by atoms with Gasteiger partial charge in [-0.2, -0.15) is 18.3 Å². The summed E-state index contributed by atoms with van der Waals surface area (Å²) in [5.41, 5.74) is -0.779. The molecule has 104 valence electrons. The number of rotatable bonds is 2. The second-order valence-electron chi connectivity index (χ2n) is 4.56. The van der Waals surface area contributed by atoms with Crippen LogP contribution in [0.15, 0.2) is 6.07 Å². The topological polar surface area (TPSA) is 55.2 Å². The minimum absolute atomic E-state index is 0.115. The smallest absolute Gasteiger partial charge is 0.344 e. The van der Waals surface area contributed by atoms with Gasteiger partial charge in [0, 0.05) is 26.6 Å². The number of aromatic nitrogens is 2. The van der Waals surface area contributed by atoms with Crippen molar-refractivity contribution in [2.45, 2.75) is 12.1 Å². The fraction of sp³-hybridized carbons (Fsp3) is 0.545. The lowest BCUT2D eigenvalue weighted by Gasteiger charge is -2.07. The van der Waals surface area contributed by atoms with Crippen LogP contribution in [0.4, 0.5) is 13.2 Å². The number of carbonyl (C=O) groups is 2. The highest BCUT2D eigenvalue weighted by molar-refractivity contribution is 5.94. The van der Waals surface area contributed by atoms with Gasteiger partial charge in [0.1, 0.15) is 17.9 Å². The summed E-state index contributed by atoms with van der Waals surface area (Å²) in [5.74, 6) is -1.97. The van der Waals surface area contributed by atoms with E-state index in [0.29, 0.717) is 6.29 Å². The van der Waals surface area contributed by atoms with Crippen molar-refractivity contribution >= 4 is 12.2 Å². The molecule has 5 nitrogen and oxygen atoms in total. The Morgan fingerprint density at radius 2 is 2.05 bits per heavy atom. The highest BCUT2D eigenvalue weighted by Gasteiger charge is 2.42. The molecule has 2 atom stereocenters. The van der Waals surface area contributed by atoms with Gasteiger partial charge in [0.15, 0.2) is 0 Å². The quantitative estimate of drug-likeness (QED) is 0.593. The third-order valence-corrected chi connectivity index (χ3v) is 3.28. The van der Waals surface area contributed by atoms with Crippen molar-refractivity contribution in [3.63, 3.8) is 0 Å². The maximum Gasteiger partial charge on any atom is 0.433 e. The number of halogens is 3. The summed E-state index contributed by atoms with van der Waals surface area (Å²) in [6.45, 7) is 0.191. The zero-order valence-electron chi connectivity index (χ0n) is 10.3. The van der Waals surface area contributed by atoms with Crippen LogP contribution in [-0.4, -0.2) is 40.5 Å². The summed E-state index contributed by atoms with van der Waals surface area (Å²) in [6, 6.07) is 0.896. The number of hydrogen-bond donors (Lipinski definition) is 0. The number of aryl methyl sites for hydroxylation is 1. The molecule has 0 unspecified atom stereocenters. The number of likely N-dealkylation sites (tertiary alicyclic amines) is 1. The molecule has 0 saturated carbocycles. The van der Waals surface area contributed by atoms with Crippen molar-refractivity contribution < 1.29 is 22.8 Å². The third-order valence-electron chi connectivity index (χ3n) is 3.28. The van der Waals surface area contributed by atoms with Gasteiger partial charge >= 0.3 is 6.18 Å². The summed E-state index contributed by atoms with van der Waals surface area (Å²) >= 11 is 0. The van der Waals surface area contributed by atoms with Crippen LogP contribution in [-0.2, 0) is 22.8 Å². The van der Waals surface area contributed by atoms with E-state index in [1.165, 1.54) is 19.0 Å². The van der Waals surface area contributed by atoms with E-state index in [9.17, 15) is 22.8 Å². The largest absolute Gasteiger partial charge is 0.433 e. The minimum Gasteiger partial charge on any atom is -0.344 e. The zero-order chi connectivity index (χ0) is 14.4. The molecule has 0 N–H and O–H groups in total. The molecule has 1 saturated heterocycles. The molecule has 1 aliphatic heterocycles. The number of alkyl halides is 3. The lowest BCUT2D eigenvalue weighted by atomic mass is 9.94. The SMILES string of the molecule is CN1C[C@@H](c2cc(C(F)(F)F)n(C)n2)[C@H](C=O)C1=O. The van der Waals surface area contributed by atoms with Crippen molar-refractivity contribution in [3.8, 4) is 0 Å².